The van der Waals surface area contributed by atoms with Gasteiger partial charge in [-0.05, 0) is 11.6 Å². The van der Waals surface area contributed by atoms with Crippen LogP contribution in [-0.4, -0.2) is 5.11 Å². The van der Waals surface area contributed by atoms with Gasteiger partial charge in [0.25, 0.3) is 0 Å². The van der Waals surface area contributed by atoms with Crippen LogP contribution in [0.3, 0.4) is 0 Å². The zero-order chi connectivity index (χ0) is 7.72. The van der Waals surface area contributed by atoms with Crippen LogP contribution in [0.15, 0.2) is 15.3 Å². The summed E-state index contributed by atoms with van der Waals surface area (Å²) in [6, 6.07) is 0.841. The molecule has 0 aliphatic rings. The minimum atomic E-state index is -0.730. The molecule has 0 atom stereocenters. The van der Waals surface area contributed by atoms with Gasteiger partial charge in [-0.15, -0.1) is 0 Å². The van der Waals surface area contributed by atoms with Crippen LogP contribution in [0.4, 0.5) is 0 Å². The lowest BCUT2D eigenvalue weighted by molar-refractivity contribution is 0.449. The van der Waals surface area contributed by atoms with E-state index in [0.29, 0.717) is 0 Å². The molecule has 0 radical (unpaired) electrons. The first-order chi connectivity index (χ1) is 4.61. The van der Waals surface area contributed by atoms with Gasteiger partial charge < -0.3 is 9.52 Å². The molecule has 0 saturated carbocycles. The Morgan fingerprint density at radius 2 is 2.10 bits per heavy atom. The van der Waals surface area contributed by atoms with Gasteiger partial charge in [0.15, 0.2) is 0 Å². The summed E-state index contributed by atoms with van der Waals surface area (Å²) in [5.74, 6) is -0.372. The number of hydrogen-bond donors (Lipinski definition) is 1. The molecule has 1 heterocycles. The predicted molar refractivity (Wildman–Crippen MR) is 36.7 cm³/mol. The van der Waals surface area contributed by atoms with Gasteiger partial charge in [0.1, 0.15) is 10.8 Å². The lowest BCUT2D eigenvalue weighted by Crippen LogP contribution is -1.94. The highest BCUT2D eigenvalue weighted by Gasteiger charge is 2.06. The summed E-state index contributed by atoms with van der Waals surface area (Å²) < 4.78 is 4.31. The molecule has 0 aliphatic carbocycles. The van der Waals surface area contributed by atoms with Crippen molar-refractivity contribution in [2.45, 2.75) is 0 Å². The lowest BCUT2D eigenvalue weighted by atomic mass is 10.5. The van der Waals surface area contributed by atoms with Crippen molar-refractivity contribution in [2.24, 2.45) is 0 Å². The molecule has 0 aromatic carbocycles. The molecular formula is C5H2Cl2O3. The number of halogens is 2. The molecule has 0 unspecified atom stereocenters. The van der Waals surface area contributed by atoms with Crippen molar-refractivity contribution in [3.8, 4) is 5.75 Å². The van der Waals surface area contributed by atoms with E-state index in [4.69, 9.17) is 28.3 Å². The third-order valence-electron chi connectivity index (χ3n) is 0.842. The smallest absolute Gasteiger partial charge is 0.340 e. The van der Waals surface area contributed by atoms with Crippen LogP contribution in [0.1, 0.15) is 0 Å². The second-order valence-electron chi connectivity index (χ2n) is 1.54. The Morgan fingerprint density at radius 1 is 1.50 bits per heavy atom. The summed E-state index contributed by atoms with van der Waals surface area (Å²) >= 11 is 10.6. The summed E-state index contributed by atoms with van der Waals surface area (Å²) in [4.78, 5) is 10.4. The Labute approximate surface area is 65.8 Å². The van der Waals surface area contributed by atoms with Gasteiger partial charge in [-0.3, -0.25) is 0 Å². The van der Waals surface area contributed by atoms with Crippen LogP contribution in [0.2, 0.25) is 10.2 Å². The van der Waals surface area contributed by atoms with E-state index in [1.54, 1.807) is 0 Å². The summed E-state index contributed by atoms with van der Waals surface area (Å²) in [5, 5.41) is 8.35. The third kappa shape index (κ3) is 1.25. The first kappa shape index (κ1) is 7.44. The first-order valence-electron chi connectivity index (χ1n) is 2.29. The average Bonchev–Trinajstić information content (AvgIpc) is 1.82. The third-order valence-corrected chi connectivity index (χ3v) is 1.57. The molecule has 0 bridgehead atoms. The molecule has 54 valence electrons. The van der Waals surface area contributed by atoms with Crippen molar-refractivity contribution in [3.63, 3.8) is 0 Å². The number of aromatic hydroxyl groups is 1. The molecule has 0 spiro atoms. The normalized spacial score (nSPS) is 9.80. The fraction of sp³-hybridized carbons (Fsp3) is 0. The van der Waals surface area contributed by atoms with Crippen molar-refractivity contribution in [2.75, 3.05) is 0 Å². The molecule has 1 aromatic heterocycles. The summed E-state index contributed by atoms with van der Waals surface area (Å²) in [7, 11) is 0. The Morgan fingerprint density at radius 3 is 2.60 bits per heavy atom. The van der Waals surface area contributed by atoms with Crippen molar-refractivity contribution < 1.29 is 9.52 Å². The lowest BCUT2D eigenvalue weighted by Gasteiger charge is -1.93. The van der Waals surface area contributed by atoms with Gasteiger partial charge in [0, 0.05) is 0 Å². The second kappa shape index (κ2) is 2.52. The summed E-state index contributed by atoms with van der Waals surface area (Å²) in [6.07, 6.45) is 0. The molecule has 0 saturated heterocycles. The zero-order valence-corrected chi connectivity index (χ0v) is 6.11. The minimum absolute atomic E-state index is 0.152. The van der Waals surface area contributed by atoms with Crippen LogP contribution >= 0.6 is 23.2 Å². The van der Waals surface area contributed by atoms with Gasteiger partial charge in [-0.1, -0.05) is 11.6 Å². The molecule has 0 fully saturated rings. The van der Waals surface area contributed by atoms with Gasteiger partial charge in [0.05, 0.1) is 6.07 Å². The van der Waals surface area contributed by atoms with Crippen LogP contribution in [0.25, 0.3) is 0 Å². The molecule has 1 N–H and O–H groups in total. The predicted octanol–water partition coefficient (Wildman–Crippen LogP) is 1.65. The number of rotatable bonds is 0. The molecule has 3 nitrogen and oxygen atoms in total. The monoisotopic (exact) mass is 180 g/mol. The SMILES string of the molecule is O=c1cc(O)c(Cl)c(Cl)o1. The first-order valence-corrected chi connectivity index (χ1v) is 3.05. The summed E-state index contributed by atoms with van der Waals surface area (Å²) in [5.41, 5.74) is -0.730. The molecule has 0 amide bonds. The van der Waals surface area contributed by atoms with Crippen LogP contribution in [0.5, 0.6) is 5.75 Å². The fourth-order valence-electron chi connectivity index (χ4n) is 0.438. The van der Waals surface area contributed by atoms with E-state index in [1.165, 1.54) is 0 Å². The van der Waals surface area contributed by atoms with E-state index in [1.807, 2.05) is 0 Å². The zero-order valence-electron chi connectivity index (χ0n) is 4.60. The maximum atomic E-state index is 10.4. The Balaban J connectivity index is 3.46. The minimum Gasteiger partial charge on any atom is -0.506 e. The topological polar surface area (TPSA) is 50.4 Å². The molecule has 1 rings (SSSR count). The standard InChI is InChI=1S/C5H2Cl2O3/c6-4-2(8)1-3(9)10-5(4)7/h1,8H. The van der Waals surface area contributed by atoms with Crippen molar-refractivity contribution in [1.29, 1.82) is 0 Å². The van der Waals surface area contributed by atoms with Gasteiger partial charge in [0.2, 0.25) is 5.22 Å². The highest BCUT2D eigenvalue weighted by Crippen LogP contribution is 2.27. The van der Waals surface area contributed by atoms with E-state index < -0.39 is 5.63 Å². The fourth-order valence-corrected chi connectivity index (χ4v) is 0.704. The van der Waals surface area contributed by atoms with Crippen LogP contribution in [-0.2, 0) is 0 Å². The van der Waals surface area contributed by atoms with E-state index in [9.17, 15) is 4.79 Å². The van der Waals surface area contributed by atoms with Gasteiger partial charge in [-0.2, -0.15) is 0 Å². The number of hydrogen-bond acceptors (Lipinski definition) is 3. The highest BCUT2D eigenvalue weighted by molar-refractivity contribution is 6.41. The quantitative estimate of drug-likeness (QED) is 0.661. The van der Waals surface area contributed by atoms with Crippen LogP contribution in [0, 0.1) is 0 Å². The highest BCUT2D eigenvalue weighted by atomic mass is 35.5. The van der Waals surface area contributed by atoms with Crippen molar-refractivity contribution in [3.05, 3.63) is 26.7 Å². The Bertz CT molecular complexity index is 278. The molecule has 1 aromatic rings. The van der Waals surface area contributed by atoms with E-state index in [0.717, 1.165) is 6.07 Å². The van der Waals surface area contributed by atoms with Gasteiger partial charge >= 0.3 is 5.63 Å². The van der Waals surface area contributed by atoms with E-state index >= 15 is 0 Å². The summed E-state index contributed by atoms with van der Waals surface area (Å²) in [6.45, 7) is 0. The van der Waals surface area contributed by atoms with Crippen molar-refractivity contribution in [1.82, 2.24) is 0 Å². The largest absolute Gasteiger partial charge is 0.506 e. The van der Waals surface area contributed by atoms with E-state index in [-0.39, 0.29) is 16.0 Å². The maximum absolute atomic E-state index is 10.4. The van der Waals surface area contributed by atoms with Crippen molar-refractivity contribution >= 4 is 23.2 Å². The van der Waals surface area contributed by atoms with Crippen LogP contribution < -0.4 is 5.63 Å². The average molecular weight is 181 g/mol. The Kier molecular flexibility index (Phi) is 1.87. The molecular weight excluding hydrogens is 179 g/mol. The molecule has 5 heteroatoms. The maximum Gasteiger partial charge on any atom is 0.340 e. The van der Waals surface area contributed by atoms with Gasteiger partial charge in [-0.25, -0.2) is 4.79 Å². The van der Waals surface area contributed by atoms with E-state index in [2.05, 4.69) is 4.42 Å². The molecule has 10 heavy (non-hydrogen) atoms. The molecule has 0 aliphatic heterocycles. The Hall–Kier alpha value is -0.670. The second-order valence-corrected chi connectivity index (χ2v) is 2.26.